The van der Waals surface area contributed by atoms with Crippen molar-refractivity contribution in [3.05, 3.63) is 90.5 Å². The smallest absolute Gasteiger partial charge is 0.288 e. The number of nitrogens with zero attached hydrogens (tertiary/aromatic N) is 1. The van der Waals surface area contributed by atoms with E-state index >= 15 is 0 Å². The minimum atomic E-state index is -2.43. The molecule has 0 aromatic heterocycles. The van der Waals surface area contributed by atoms with Gasteiger partial charge in [-0.1, -0.05) is 60.3 Å². The number of hydrogen-bond acceptors (Lipinski definition) is 2. The first-order valence-corrected chi connectivity index (χ1v) is 9.63. The fourth-order valence-corrected chi connectivity index (χ4v) is 3.35. The van der Waals surface area contributed by atoms with Gasteiger partial charge < -0.3 is 10.2 Å². The Morgan fingerprint density at radius 2 is 1.48 bits per heavy atom. The lowest BCUT2D eigenvalue weighted by molar-refractivity contribution is 0.252. The van der Waals surface area contributed by atoms with Gasteiger partial charge in [-0.25, -0.2) is 0 Å². The molecule has 0 saturated carbocycles. The number of alkyl halides is 2. The highest BCUT2D eigenvalue weighted by Crippen LogP contribution is 2.26. The maximum absolute atomic E-state index is 12.5. The van der Waals surface area contributed by atoms with Crippen molar-refractivity contribution in [2.45, 2.75) is 17.2 Å². The zero-order valence-electron chi connectivity index (χ0n) is 14.4. The number of halogens is 2. The maximum atomic E-state index is 12.5. The average Bonchev–Trinajstić information content (AvgIpc) is 2.68. The molecule has 0 heterocycles. The first-order valence-electron chi connectivity index (χ1n) is 8.34. The van der Waals surface area contributed by atoms with Crippen molar-refractivity contribution < 1.29 is 8.78 Å². The highest BCUT2D eigenvalue weighted by Gasteiger charge is 2.13. The fourth-order valence-electron chi connectivity index (χ4n) is 2.56. The first kappa shape index (κ1) is 19.3. The molecule has 2 nitrogen and oxygen atoms in total. The van der Waals surface area contributed by atoms with Crippen LogP contribution in [0.25, 0.3) is 0 Å². The Labute approximate surface area is 167 Å². The largest absolute Gasteiger partial charge is 0.332 e. The standard InChI is InChI=1S/C21H18F2N2S2/c22-20(23)27-19-13-11-17(12-14-19)24-21(26)25(18-9-5-2-6-10-18)15-16-7-3-1-4-8-16/h1-14,20H,15H2,(H,24,26). The highest BCUT2D eigenvalue weighted by atomic mass is 32.2. The van der Waals surface area contributed by atoms with Crippen LogP contribution in [-0.4, -0.2) is 10.9 Å². The number of anilines is 2. The first-order chi connectivity index (χ1) is 13.1. The molecule has 0 saturated heterocycles. The van der Waals surface area contributed by atoms with Crippen LogP contribution >= 0.6 is 24.0 Å². The van der Waals surface area contributed by atoms with Crippen molar-refractivity contribution >= 4 is 40.5 Å². The van der Waals surface area contributed by atoms with Crippen LogP contribution in [0.5, 0.6) is 0 Å². The Morgan fingerprint density at radius 3 is 2.07 bits per heavy atom. The molecule has 0 bridgehead atoms. The third-order valence-corrected chi connectivity index (χ3v) is 4.87. The summed E-state index contributed by atoms with van der Waals surface area (Å²) in [5, 5.41) is 3.74. The summed E-state index contributed by atoms with van der Waals surface area (Å²) < 4.78 is 24.9. The monoisotopic (exact) mass is 400 g/mol. The summed E-state index contributed by atoms with van der Waals surface area (Å²) in [5.74, 6) is -2.43. The summed E-state index contributed by atoms with van der Waals surface area (Å²) in [5.41, 5.74) is 2.87. The van der Waals surface area contributed by atoms with Crippen molar-refractivity contribution in [2.24, 2.45) is 0 Å². The number of rotatable bonds is 6. The molecule has 0 spiro atoms. The lowest BCUT2D eigenvalue weighted by Crippen LogP contribution is -2.34. The minimum absolute atomic E-state index is 0.519. The van der Waals surface area contributed by atoms with Crippen LogP contribution in [0.1, 0.15) is 5.56 Å². The van der Waals surface area contributed by atoms with Gasteiger partial charge in [0.25, 0.3) is 5.76 Å². The summed E-state index contributed by atoms with van der Waals surface area (Å²) in [6.07, 6.45) is 0. The summed E-state index contributed by atoms with van der Waals surface area (Å²) in [6.45, 7) is 0.621. The van der Waals surface area contributed by atoms with Gasteiger partial charge in [-0.05, 0) is 54.2 Å². The normalized spacial score (nSPS) is 10.6. The molecule has 0 aliphatic heterocycles. The summed E-state index contributed by atoms with van der Waals surface area (Å²) >= 11 is 6.16. The molecule has 3 rings (SSSR count). The van der Waals surface area contributed by atoms with Gasteiger partial charge in [0.15, 0.2) is 5.11 Å². The topological polar surface area (TPSA) is 15.3 Å². The minimum Gasteiger partial charge on any atom is -0.332 e. The van der Waals surface area contributed by atoms with Crippen LogP contribution in [0.4, 0.5) is 20.2 Å². The van der Waals surface area contributed by atoms with E-state index in [4.69, 9.17) is 12.2 Å². The Kier molecular flexibility index (Phi) is 6.79. The molecular formula is C21H18F2N2S2. The summed E-state index contributed by atoms with van der Waals surface area (Å²) in [4.78, 5) is 2.53. The molecule has 6 heteroatoms. The molecule has 0 radical (unpaired) electrons. The lowest BCUT2D eigenvalue weighted by Gasteiger charge is -2.26. The molecular weight excluding hydrogens is 382 g/mol. The van der Waals surface area contributed by atoms with Crippen molar-refractivity contribution in [3.8, 4) is 0 Å². The Morgan fingerprint density at radius 1 is 0.889 bits per heavy atom. The average molecular weight is 401 g/mol. The molecule has 0 atom stereocenters. The van der Waals surface area contributed by atoms with Gasteiger partial charge in [-0.3, -0.25) is 0 Å². The number of para-hydroxylation sites is 1. The lowest BCUT2D eigenvalue weighted by atomic mass is 10.2. The highest BCUT2D eigenvalue weighted by molar-refractivity contribution is 7.99. The maximum Gasteiger partial charge on any atom is 0.288 e. The number of thiocarbonyl (C=S) groups is 1. The Balaban J connectivity index is 1.76. The molecule has 3 aromatic rings. The van der Waals surface area contributed by atoms with Crippen molar-refractivity contribution in [2.75, 3.05) is 10.2 Å². The van der Waals surface area contributed by atoms with E-state index in [2.05, 4.69) is 17.4 Å². The van der Waals surface area contributed by atoms with Crippen LogP contribution in [0.2, 0.25) is 0 Å². The van der Waals surface area contributed by atoms with Gasteiger partial charge in [0.2, 0.25) is 0 Å². The molecule has 0 unspecified atom stereocenters. The zero-order valence-corrected chi connectivity index (χ0v) is 16.0. The van der Waals surface area contributed by atoms with Crippen molar-refractivity contribution in [1.82, 2.24) is 0 Å². The van der Waals surface area contributed by atoms with E-state index in [9.17, 15) is 8.78 Å². The van der Waals surface area contributed by atoms with Gasteiger partial charge >= 0.3 is 0 Å². The van der Waals surface area contributed by atoms with Crippen LogP contribution in [-0.2, 0) is 6.54 Å². The number of benzene rings is 3. The molecule has 3 aromatic carbocycles. The number of nitrogens with one attached hydrogen (secondary N) is 1. The second-order valence-electron chi connectivity index (χ2n) is 5.74. The molecule has 0 fully saturated rings. The number of thioether (sulfide) groups is 1. The van der Waals surface area contributed by atoms with E-state index in [1.165, 1.54) is 0 Å². The molecule has 0 aliphatic rings. The predicted molar refractivity (Wildman–Crippen MR) is 114 cm³/mol. The molecule has 138 valence electrons. The third-order valence-electron chi connectivity index (χ3n) is 3.83. The van der Waals surface area contributed by atoms with Crippen molar-refractivity contribution in [1.29, 1.82) is 0 Å². The van der Waals surface area contributed by atoms with Gasteiger partial charge in [0, 0.05) is 16.3 Å². The van der Waals surface area contributed by atoms with Gasteiger partial charge in [0.1, 0.15) is 0 Å². The van der Waals surface area contributed by atoms with E-state index in [0.29, 0.717) is 28.3 Å². The SMILES string of the molecule is FC(F)Sc1ccc(NC(=S)N(Cc2ccccc2)c2ccccc2)cc1. The predicted octanol–water partition coefficient (Wildman–Crippen LogP) is 6.40. The number of hydrogen-bond donors (Lipinski definition) is 1. The van der Waals surface area contributed by atoms with Gasteiger partial charge in [-0.2, -0.15) is 8.78 Å². The second kappa shape index (κ2) is 9.48. The molecule has 0 aliphatic carbocycles. The van der Waals surface area contributed by atoms with Gasteiger partial charge in [0.05, 0.1) is 6.54 Å². The second-order valence-corrected chi connectivity index (χ2v) is 7.19. The molecule has 0 amide bonds. The van der Waals surface area contributed by atoms with E-state index < -0.39 is 5.76 Å². The van der Waals surface area contributed by atoms with E-state index in [0.717, 1.165) is 16.9 Å². The van der Waals surface area contributed by atoms with Crippen LogP contribution in [0, 0.1) is 0 Å². The van der Waals surface area contributed by atoms with Crippen molar-refractivity contribution in [3.63, 3.8) is 0 Å². The molecule has 1 N–H and O–H groups in total. The Hall–Kier alpha value is -2.44. The van der Waals surface area contributed by atoms with E-state index in [-0.39, 0.29) is 0 Å². The summed E-state index contributed by atoms with van der Waals surface area (Å²) in [7, 11) is 0. The summed E-state index contributed by atoms with van der Waals surface area (Å²) in [6, 6.07) is 26.8. The van der Waals surface area contributed by atoms with Crippen LogP contribution in [0.3, 0.4) is 0 Å². The third kappa shape index (κ3) is 5.77. The van der Waals surface area contributed by atoms with Crippen LogP contribution < -0.4 is 10.2 Å². The quantitative estimate of drug-likeness (QED) is 0.380. The van der Waals surface area contributed by atoms with Gasteiger partial charge in [-0.15, -0.1) is 0 Å². The van der Waals surface area contributed by atoms with E-state index in [1.54, 1.807) is 24.3 Å². The van der Waals surface area contributed by atoms with Crippen LogP contribution in [0.15, 0.2) is 89.8 Å². The fraction of sp³-hybridized carbons (Fsp3) is 0.0952. The molecule has 27 heavy (non-hydrogen) atoms. The Bertz CT molecular complexity index is 856. The van der Waals surface area contributed by atoms with E-state index in [1.807, 2.05) is 53.4 Å². The zero-order chi connectivity index (χ0) is 19.1.